The van der Waals surface area contributed by atoms with E-state index in [1.807, 2.05) is 24.3 Å². The largest absolute Gasteiger partial charge is 0.495 e. The van der Waals surface area contributed by atoms with Crippen molar-refractivity contribution in [2.75, 3.05) is 7.11 Å². The van der Waals surface area contributed by atoms with Gasteiger partial charge in [-0.1, -0.05) is 12.1 Å². The molecule has 0 saturated heterocycles. The molecule has 0 aliphatic heterocycles. The maximum atomic E-state index is 9.46. The Morgan fingerprint density at radius 3 is 2.86 bits per heavy atom. The number of rotatable bonds is 2. The van der Waals surface area contributed by atoms with Crippen LogP contribution in [0.4, 0.5) is 0 Å². The van der Waals surface area contributed by atoms with Gasteiger partial charge in [0.05, 0.1) is 17.9 Å². The van der Waals surface area contributed by atoms with Crippen molar-refractivity contribution >= 4 is 21.4 Å². The molecular formula is C11H12O2S. The number of ether oxygens (including phenoxy) is 1. The van der Waals surface area contributed by atoms with Crippen molar-refractivity contribution in [3.05, 3.63) is 29.1 Å². The van der Waals surface area contributed by atoms with Gasteiger partial charge in [0, 0.05) is 4.88 Å². The van der Waals surface area contributed by atoms with Crippen LogP contribution in [0.25, 0.3) is 10.1 Å². The lowest BCUT2D eigenvalue weighted by Gasteiger charge is -1.99. The molecule has 1 N–H and O–H groups in total. The number of fused-ring (bicyclic) bond motifs is 1. The molecule has 0 radical (unpaired) electrons. The minimum absolute atomic E-state index is 0.405. The molecular weight excluding hydrogens is 196 g/mol. The van der Waals surface area contributed by atoms with E-state index in [4.69, 9.17) is 4.74 Å². The molecule has 74 valence electrons. The Morgan fingerprint density at radius 1 is 1.43 bits per heavy atom. The van der Waals surface area contributed by atoms with E-state index in [1.54, 1.807) is 25.4 Å². The van der Waals surface area contributed by atoms with Crippen LogP contribution in [0.2, 0.25) is 0 Å². The summed E-state index contributed by atoms with van der Waals surface area (Å²) in [5, 5.41) is 10.6. The molecule has 0 aliphatic rings. The zero-order valence-corrected chi connectivity index (χ0v) is 8.97. The van der Waals surface area contributed by atoms with Gasteiger partial charge < -0.3 is 9.84 Å². The SMILES string of the molecule is COc1cccc2cc(C(C)O)sc12. The molecule has 1 atom stereocenters. The molecule has 2 rings (SSSR count). The molecule has 1 unspecified atom stereocenters. The van der Waals surface area contributed by atoms with Crippen LogP contribution >= 0.6 is 11.3 Å². The highest BCUT2D eigenvalue weighted by atomic mass is 32.1. The number of aliphatic hydroxyl groups excluding tert-OH is 1. The molecule has 1 aromatic carbocycles. The van der Waals surface area contributed by atoms with Gasteiger partial charge in [0.1, 0.15) is 5.75 Å². The third-order valence-corrected chi connectivity index (χ3v) is 3.49. The molecule has 2 aromatic rings. The molecule has 0 amide bonds. The van der Waals surface area contributed by atoms with Crippen molar-refractivity contribution in [1.82, 2.24) is 0 Å². The monoisotopic (exact) mass is 208 g/mol. The second-order valence-corrected chi connectivity index (χ2v) is 4.29. The molecule has 0 aliphatic carbocycles. The fourth-order valence-corrected chi connectivity index (χ4v) is 2.51. The lowest BCUT2D eigenvalue weighted by Crippen LogP contribution is -1.83. The van der Waals surface area contributed by atoms with Gasteiger partial charge in [-0.15, -0.1) is 11.3 Å². The van der Waals surface area contributed by atoms with Crippen LogP contribution in [0.15, 0.2) is 24.3 Å². The number of benzene rings is 1. The van der Waals surface area contributed by atoms with Crippen molar-refractivity contribution in [3.63, 3.8) is 0 Å². The third-order valence-electron chi connectivity index (χ3n) is 2.16. The standard InChI is InChI=1S/C11H12O2S/c1-7(12)10-6-8-4-3-5-9(13-2)11(8)14-10/h3-7,12H,1-2H3. The highest BCUT2D eigenvalue weighted by molar-refractivity contribution is 7.19. The van der Waals surface area contributed by atoms with E-state index in [-0.39, 0.29) is 0 Å². The summed E-state index contributed by atoms with van der Waals surface area (Å²) in [5.41, 5.74) is 0. The van der Waals surface area contributed by atoms with E-state index >= 15 is 0 Å². The quantitative estimate of drug-likeness (QED) is 0.822. The zero-order chi connectivity index (χ0) is 10.1. The zero-order valence-electron chi connectivity index (χ0n) is 8.15. The summed E-state index contributed by atoms with van der Waals surface area (Å²) in [5.74, 6) is 0.874. The Kier molecular flexibility index (Phi) is 2.44. The van der Waals surface area contributed by atoms with Gasteiger partial charge in [-0.2, -0.15) is 0 Å². The maximum Gasteiger partial charge on any atom is 0.136 e. The Labute approximate surface area is 86.8 Å². The number of aliphatic hydroxyl groups is 1. The molecule has 1 aromatic heterocycles. The maximum absolute atomic E-state index is 9.46. The summed E-state index contributed by atoms with van der Waals surface area (Å²) < 4.78 is 6.35. The molecule has 3 heteroatoms. The second kappa shape index (κ2) is 3.59. The van der Waals surface area contributed by atoms with Crippen LogP contribution in [0.1, 0.15) is 17.9 Å². The number of hydrogen-bond donors (Lipinski definition) is 1. The van der Waals surface area contributed by atoms with Crippen LogP contribution < -0.4 is 4.74 Å². The molecule has 2 nitrogen and oxygen atoms in total. The van der Waals surface area contributed by atoms with Crippen molar-refractivity contribution in [2.45, 2.75) is 13.0 Å². The predicted molar refractivity (Wildman–Crippen MR) is 59.0 cm³/mol. The number of methoxy groups -OCH3 is 1. The highest BCUT2D eigenvalue weighted by Crippen LogP contribution is 2.35. The number of thiophene rings is 1. The van der Waals surface area contributed by atoms with E-state index in [0.717, 1.165) is 20.7 Å². The van der Waals surface area contributed by atoms with Gasteiger partial charge in [0.25, 0.3) is 0 Å². The molecule has 14 heavy (non-hydrogen) atoms. The minimum atomic E-state index is -0.405. The highest BCUT2D eigenvalue weighted by Gasteiger charge is 2.09. The van der Waals surface area contributed by atoms with Gasteiger partial charge in [-0.05, 0) is 24.4 Å². The van der Waals surface area contributed by atoms with Crippen molar-refractivity contribution in [1.29, 1.82) is 0 Å². The van der Waals surface area contributed by atoms with Crippen LogP contribution in [0.5, 0.6) is 5.75 Å². The van der Waals surface area contributed by atoms with E-state index < -0.39 is 6.10 Å². The number of hydrogen-bond acceptors (Lipinski definition) is 3. The minimum Gasteiger partial charge on any atom is -0.495 e. The first kappa shape index (κ1) is 9.49. The predicted octanol–water partition coefficient (Wildman–Crippen LogP) is 2.96. The van der Waals surface area contributed by atoms with E-state index in [1.165, 1.54) is 0 Å². The summed E-state index contributed by atoms with van der Waals surface area (Å²) in [7, 11) is 1.66. The average Bonchev–Trinajstić information content (AvgIpc) is 2.60. The summed E-state index contributed by atoms with van der Waals surface area (Å²) in [6.45, 7) is 1.77. The summed E-state index contributed by atoms with van der Waals surface area (Å²) in [6.07, 6.45) is -0.405. The smallest absolute Gasteiger partial charge is 0.136 e. The first-order chi connectivity index (χ1) is 6.72. The van der Waals surface area contributed by atoms with Crippen LogP contribution in [0.3, 0.4) is 0 Å². The van der Waals surface area contributed by atoms with Gasteiger partial charge >= 0.3 is 0 Å². The van der Waals surface area contributed by atoms with Gasteiger partial charge in [0.2, 0.25) is 0 Å². The molecule has 0 bridgehead atoms. The fourth-order valence-electron chi connectivity index (χ4n) is 1.42. The summed E-state index contributed by atoms with van der Waals surface area (Å²) in [4.78, 5) is 0.976. The van der Waals surface area contributed by atoms with E-state index in [0.29, 0.717) is 0 Å². The van der Waals surface area contributed by atoms with Crippen LogP contribution in [-0.2, 0) is 0 Å². The lowest BCUT2D eigenvalue weighted by molar-refractivity contribution is 0.203. The van der Waals surface area contributed by atoms with E-state index in [2.05, 4.69) is 0 Å². The Morgan fingerprint density at radius 2 is 2.21 bits per heavy atom. The Bertz CT molecular complexity index is 445. The first-order valence-corrected chi connectivity index (χ1v) is 5.28. The molecule has 0 fully saturated rings. The van der Waals surface area contributed by atoms with Gasteiger partial charge in [-0.3, -0.25) is 0 Å². The normalized spacial score (nSPS) is 13.1. The van der Waals surface area contributed by atoms with Gasteiger partial charge in [0.15, 0.2) is 0 Å². The lowest BCUT2D eigenvalue weighted by atomic mass is 10.2. The molecule has 0 saturated carbocycles. The third kappa shape index (κ3) is 1.49. The Hall–Kier alpha value is -1.06. The van der Waals surface area contributed by atoms with Gasteiger partial charge in [-0.25, -0.2) is 0 Å². The van der Waals surface area contributed by atoms with E-state index in [9.17, 15) is 5.11 Å². The summed E-state index contributed by atoms with van der Waals surface area (Å²) in [6, 6.07) is 7.93. The Balaban J connectivity index is 2.64. The topological polar surface area (TPSA) is 29.5 Å². The van der Waals surface area contributed by atoms with Crippen LogP contribution in [0, 0.1) is 0 Å². The van der Waals surface area contributed by atoms with Crippen molar-refractivity contribution in [2.24, 2.45) is 0 Å². The summed E-state index contributed by atoms with van der Waals surface area (Å²) >= 11 is 1.58. The average molecular weight is 208 g/mol. The first-order valence-electron chi connectivity index (χ1n) is 4.47. The van der Waals surface area contributed by atoms with Crippen LogP contribution in [-0.4, -0.2) is 12.2 Å². The van der Waals surface area contributed by atoms with Crippen molar-refractivity contribution in [3.8, 4) is 5.75 Å². The molecule has 0 spiro atoms. The van der Waals surface area contributed by atoms with Crippen molar-refractivity contribution < 1.29 is 9.84 Å². The second-order valence-electron chi connectivity index (χ2n) is 3.20. The molecule has 1 heterocycles. The fraction of sp³-hybridized carbons (Fsp3) is 0.273.